The Bertz CT molecular complexity index is 885. The molecule has 4 rings (SSSR count). The zero-order valence-electron chi connectivity index (χ0n) is 15.7. The topological polar surface area (TPSA) is 3.24 Å². The van der Waals surface area contributed by atoms with Crippen molar-refractivity contribution in [3.63, 3.8) is 0 Å². The highest BCUT2D eigenvalue weighted by atomic mass is 35.5. The molecular formula is C24H26ClN. The van der Waals surface area contributed by atoms with Gasteiger partial charge in [-0.2, -0.15) is 0 Å². The third-order valence-electron chi connectivity index (χ3n) is 5.97. The van der Waals surface area contributed by atoms with Gasteiger partial charge in [0.15, 0.2) is 0 Å². The van der Waals surface area contributed by atoms with Gasteiger partial charge in [0.1, 0.15) is 0 Å². The summed E-state index contributed by atoms with van der Waals surface area (Å²) in [5.74, 6) is 0.652. The number of allylic oxidation sites excluding steroid dienone is 3. The van der Waals surface area contributed by atoms with Crippen molar-refractivity contribution in [1.29, 1.82) is 0 Å². The summed E-state index contributed by atoms with van der Waals surface area (Å²) in [5, 5.41) is 0.823. The van der Waals surface area contributed by atoms with Gasteiger partial charge in [-0.1, -0.05) is 54.6 Å². The molecule has 2 aromatic rings. The molecule has 0 radical (unpaired) electrons. The lowest BCUT2D eigenvalue weighted by Crippen LogP contribution is -2.29. The van der Waals surface area contributed by atoms with Gasteiger partial charge < -0.3 is 4.90 Å². The van der Waals surface area contributed by atoms with E-state index in [2.05, 4.69) is 55.8 Å². The van der Waals surface area contributed by atoms with Crippen LogP contribution in [0.1, 0.15) is 46.6 Å². The van der Waals surface area contributed by atoms with Crippen LogP contribution >= 0.6 is 11.6 Å². The molecule has 0 atom stereocenters. The van der Waals surface area contributed by atoms with Gasteiger partial charge in [-0.3, -0.25) is 0 Å². The average molecular weight is 364 g/mol. The van der Waals surface area contributed by atoms with E-state index in [1.165, 1.54) is 53.8 Å². The second kappa shape index (κ2) is 7.06. The molecule has 2 heteroatoms. The highest BCUT2D eigenvalue weighted by Gasteiger charge is 2.26. The fraction of sp³-hybridized carbons (Fsp3) is 0.333. The third-order valence-corrected chi connectivity index (χ3v) is 6.30. The van der Waals surface area contributed by atoms with Gasteiger partial charge in [-0.25, -0.2) is 0 Å². The number of hydrogen-bond acceptors (Lipinski definition) is 1. The molecule has 1 nitrogen and oxygen atoms in total. The Morgan fingerprint density at radius 2 is 1.81 bits per heavy atom. The van der Waals surface area contributed by atoms with E-state index < -0.39 is 0 Å². The third kappa shape index (κ3) is 3.15. The first-order valence-electron chi connectivity index (χ1n) is 9.50. The van der Waals surface area contributed by atoms with Gasteiger partial charge >= 0.3 is 0 Å². The minimum Gasteiger partial charge on any atom is -0.306 e. The van der Waals surface area contributed by atoms with Crippen molar-refractivity contribution < 1.29 is 0 Å². The van der Waals surface area contributed by atoms with Crippen molar-refractivity contribution >= 4 is 22.7 Å². The van der Waals surface area contributed by atoms with Crippen LogP contribution in [0.3, 0.4) is 0 Å². The maximum absolute atomic E-state index is 6.49. The molecule has 2 aromatic carbocycles. The number of fused-ring (bicyclic) bond motifs is 1. The molecule has 2 aliphatic rings. The van der Waals surface area contributed by atoms with Crippen LogP contribution in [0, 0.1) is 6.92 Å². The lowest BCUT2D eigenvalue weighted by molar-refractivity contribution is 0.255. The standard InChI is InChI=1S/C24H26ClN/c1-16-8-9-20(18-10-12-26(3)13-11-18)22-15-19(14-17(2)24(16)22)21-6-4-5-7-23(21)25/h4-9,14,18H,2,10-13,15H2,1,3H3. The van der Waals surface area contributed by atoms with Gasteiger partial charge in [0.2, 0.25) is 0 Å². The minimum atomic E-state index is 0.652. The zero-order chi connectivity index (χ0) is 18.3. The van der Waals surface area contributed by atoms with Crippen LogP contribution in [0.25, 0.3) is 11.1 Å². The van der Waals surface area contributed by atoms with Crippen LogP contribution in [-0.4, -0.2) is 25.0 Å². The molecule has 0 N–H and O–H groups in total. The van der Waals surface area contributed by atoms with E-state index in [4.69, 9.17) is 11.6 Å². The summed E-state index contributed by atoms with van der Waals surface area (Å²) in [6.45, 7) is 8.96. The molecule has 1 heterocycles. The predicted octanol–water partition coefficient (Wildman–Crippen LogP) is 6.11. The van der Waals surface area contributed by atoms with Crippen molar-refractivity contribution in [1.82, 2.24) is 4.90 Å². The Labute approximate surface area is 162 Å². The Morgan fingerprint density at radius 1 is 1.08 bits per heavy atom. The average Bonchev–Trinajstić information content (AvgIpc) is 2.63. The molecule has 1 fully saturated rings. The fourth-order valence-electron chi connectivity index (χ4n) is 4.54. The molecular weight excluding hydrogens is 338 g/mol. The molecule has 0 spiro atoms. The first kappa shape index (κ1) is 17.6. The van der Waals surface area contributed by atoms with Crippen molar-refractivity contribution in [3.05, 3.63) is 81.9 Å². The SMILES string of the molecule is C=C1C=C(c2ccccc2Cl)Cc2c(C3CCN(C)CC3)ccc(C)c21. The molecule has 0 amide bonds. The van der Waals surface area contributed by atoms with Gasteiger partial charge in [0.25, 0.3) is 0 Å². The molecule has 1 saturated heterocycles. The summed E-state index contributed by atoms with van der Waals surface area (Å²) >= 11 is 6.49. The smallest absolute Gasteiger partial charge is 0.0481 e. The summed E-state index contributed by atoms with van der Waals surface area (Å²) in [6.07, 6.45) is 5.66. The molecule has 0 unspecified atom stereocenters. The molecule has 134 valence electrons. The van der Waals surface area contributed by atoms with Crippen LogP contribution in [-0.2, 0) is 6.42 Å². The maximum atomic E-state index is 6.49. The fourth-order valence-corrected chi connectivity index (χ4v) is 4.80. The molecule has 1 aliphatic heterocycles. The molecule has 26 heavy (non-hydrogen) atoms. The summed E-state index contributed by atoms with van der Waals surface area (Å²) in [5.41, 5.74) is 9.23. The van der Waals surface area contributed by atoms with Crippen LogP contribution in [0.4, 0.5) is 0 Å². The highest BCUT2D eigenvalue weighted by molar-refractivity contribution is 6.32. The van der Waals surface area contributed by atoms with Crippen molar-refractivity contribution in [2.45, 2.75) is 32.1 Å². The van der Waals surface area contributed by atoms with Crippen LogP contribution < -0.4 is 0 Å². The lowest BCUT2D eigenvalue weighted by Gasteiger charge is -2.33. The Hall–Kier alpha value is -1.83. The molecule has 0 aromatic heterocycles. The number of aryl methyl sites for hydroxylation is 1. The van der Waals surface area contributed by atoms with Crippen LogP contribution in [0.15, 0.2) is 49.1 Å². The number of halogens is 1. The first-order chi connectivity index (χ1) is 12.5. The normalized spacial score (nSPS) is 18.6. The zero-order valence-corrected chi connectivity index (χ0v) is 16.4. The van der Waals surface area contributed by atoms with E-state index in [9.17, 15) is 0 Å². The van der Waals surface area contributed by atoms with E-state index in [-0.39, 0.29) is 0 Å². The van der Waals surface area contributed by atoms with Gasteiger partial charge in [0.05, 0.1) is 0 Å². The van der Waals surface area contributed by atoms with E-state index in [1.807, 2.05) is 12.1 Å². The van der Waals surface area contributed by atoms with E-state index in [1.54, 1.807) is 0 Å². The molecule has 1 aliphatic carbocycles. The number of hydrogen-bond donors (Lipinski definition) is 0. The number of rotatable bonds is 2. The maximum Gasteiger partial charge on any atom is 0.0481 e. The number of likely N-dealkylation sites (tertiary alicyclic amines) is 1. The Balaban J connectivity index is 1.77. The predicted molar refractivity (Wildman–Crippen MR) is 113 cm³/mol. The first-order valence-corrected chi connectivity index (χ1v) is 9.88. The van der Waals surface area contributed by atoms with Gasteiger partial charge in [0, 0.05) is 5.02 Å². The largest absolute Gasteiger partial charge is 0.306 e. The summed E-state index contributed by atoms with van der Waals surface area (Å²) in [7, 11) is 2.22. The van der Waals surface area contributed by atoms with E-state index in [0.717, 1.165) is 22.6 Å². The highest BCUT2D eigenvalue weighted by Crippen LogP contribution is 2.42. The second-order valence-corrected chi connectivity index (χ2v) is 8.16. The second-order valence-electron chi connectivity index (χ2n) is 7.75. The van der Waals surface area contributed by atoms with Crippen molar-refractivity contribution in [2.75, 3.05) is 20.1 Å². The Kier molecular flexibility index (Phi) is 4.77. The Morgan fingerprint density at radius 3 is 2.54 bits per heavy atom. The van der Waals surface area contributed by atoms with Crippen molar-refractivity contribution in [2.24, 2.45) is 0 Å². The minimum absolute atomic E-state index is 0.652. The van der Waals surface area contributed by atoms with Crippen LogP contribution in [0.5, 0.6) is 0 Å². The van der Waals surface area contributed by atoms with E-state index in [0.29, 0.717) is 5.92 Å². The van der Waals surface area contributed by atoms with Crippen LogP contribution in [0.2, 0.25) is 5.02 Å². The summed E-state index contributed by atoms with van der Waals surface area (Å²) in [6, 6.07) is 12.8. The summed E-state index contributed by atoms with van der Waals surface area (Å²) in [4.78, 5) is 2.44. The number of piperidine rings is 1. The number of nitrogens with zero attached hydrogens (tertiary/aromatic N) is 1. The van der Waals surface area contributed by atoms with E-state index >= 15 is 0 Å². The van der Waals surface area contributed by atoms with Crippen molar-refractivity contribution in [3.8, 4) is 0 Å². The van der Waals surface area contributed by atoms with Gasteiger partial charge in [-0.15, -0.1) is 0 Å². The monoisotopic (exact) mass is 363 g/mol. The van der Waals surface area contributed by atoms with Gasteiger partial charge in [-0.05, 0) is 97.3 Å². The molecule has 0 bridgehead atoms. The summed E-state index contributed by atoms with van der Waals surface area (Å²) < 4.78 is 0. The molecule has 0 saturated carbocycles. The number of benzene rings is 2. The quantitative estimate of drug-likeness (QED) is 0.622. The lowest BCUT2D eigenvalue weighted by atomic mass is 9.76.